The van der Waals surface area contributed by atoms with Gasteiger partial charge in [0.1, 0.15) is 0 Å². The maximum atomic E-state index is 5.66. The Labute approximate surface area is 92.2 Å². The third-order valence-electron chi connectivity index (χ3n) is 2.27. The molecule has 0 saturated carbocycles. The van der Waals surface area contributed by atoms with Crippen molar-refractivity contribution in [1.82, 2.24) is 0 Å². The lowest BCUT2D eigenvalue weighted by molar-refractivity contribution is 0.0454. The van der Waals surface area contributed by atoms with Crippen LogP contribution in [0.1, 0.15) is 19.4 Å². The molecular weight excluding hydrogens is 188 g/mol. The zero-order valence-corrected chi connectivity index (χ0v) is 9.64. The van der Waals surface area contributed by atoms with Crippen molar-refractivity contribution in [1.29, 1.82) is 0 Å². The first-order chi connectivity index (χ1) is 7.22. The summed E-state index contributed by atoms with van der Waals surface area (Å²) in [6.45, 7) is 4.68. The second-order valence-electron chi connectivity index (χ2n) is 3.63. The molecule has 0 aliphatic rings. The fourth-order valence-corrected chi connectivity index (χ4v) is 1.32. The van der Waals surface area contributed by atoms with Gasteiger partial charge in [-0.1, -0.05) is 30.3 Å². The van der Waals surface area contributed by atoms with Gasteiger partial charge in [0.2, 0.25) is 0 Å². The Kier molecular flexibility index (Phi) is 5.37. The minimum absolute atomic E-state index is 0.111. The summed E-state index contributed by atoms with van der Waals surface area (Å²) in [5.41, 5.74) is 1.20. The van der Waals surface area contributed by atoms with E-state index in [1.54, 1.807) is 7.11 Å². The molecule has 0 fully saturated rings. The van der Waals surface area contributed by atoms with Gasteiger partial charge in [0, 0.05) is 13.5 Å². The number of benzene rings is 1. The van der Waals surface area contributed by atoms with E-state index in [2.05, 4.69) is 12.1 Å². The highest BCUT2D eigenvalue weighted by molar-refractivity contribution is 5.13. The fraction of sp³-hybridized carbons (Fsp3) is 0.462. The minimum Gasteiger partial charge on any atom is -0.381 e. The first kappa shape index (κ1) is 12.2. The molecule has 1 aromatic rings. The van der Waals surface area contributed by atoms with Gasteiger partial charge in [-0.15, -0.1) is 0 Å². The molecule has 15 heavy (non-hydrogen) atoms. The van der Waals surface area contributed by atoms with E-state index in [1.165, 1.54) is 5.56 Å². The lowest BCUT2D eigenvalue weighted by atomic mass is 10.2. The molecule has 2 atom stereocenters. The van der Waals surface area contributed by atoms with Crippen LogP contribution in [-0.4, -0.2) is 19.3 Å². The van der Waals surface area contributed by atoms with Gasteiger partial charge in [-0.25, -0.2) is 0 Å². The van der Waals surface area contributed by atoms with E-state index < -0.39 is 0 Å². The maximum absolute atomic E-state index is 5.66. The molecule has 83 valence electrons. The number of rotatable bonds is 6. The van der Waals surface area contributed by atoms with Crippen molar-refractivity contribution >= 4 is 0 Å². The standard InChI is InChI=1S/C13H19O2/c1-11(14-3)9-12(2)15-10-13-7-5-4-6-8-13/h4-9,11-12H,10H2,1-3H3/t11-,12+/m1/s1. The van der Waals surface area contributed by atoms with Crippen LogP contribution in [0, 0.1) is 6.42 Å². The lowest BCUT2D eigenvalue weighted by Crippen LogP contribution is -2.18. The van der Waals surface area contributed by atoms with E-state index in [-0.39, 0.29) is 12.2 Å². The summed E-state index contributed by atoms with van der Waals surface area (Å²) >= 11 is 0. The Morgan fingerprint density at radius 2 is 1.80 bits per heavy atom. The van der Waals surface area contributed by atoms with E-state index in [0.29, 0.717) is 6.61 Å². The summed E-state index contributed by atoms with van der Waals surface area (Å²) in [6.07, 6.45) is 2.29. The quantitative estimate of drug-likeness (QED) is 0.714. The van der Waals surface area contributed by atoms with Crippen molar-refractivity contribution in [2.45, 2.75) is 32.7 Å². The first-order valence-corrected chi connectivity index (χ1v) is 5.25. The topological polar surface area (TPSA) is 18.5 Å². The van der Waals surface area contributed by atoms with E-state index in [1.807, 2.05) is 38.5 Å². The second kappa shape index (κ2) is 6.59. The molecule has 1 rings (SSSR count). The fourth-order valence-electron chi connectivity index (χ4n) is 1.32. The third-order valence-corrected chi connectivity index (χ3v) is 2.27. The Balaban J connectivity index is 2.25. The van der Waals surface area contributed by atoms with Gasteiger partial charge in [0.15, 0.2) is 0 Å². The van der Waals surface area contributed by atoms with E-state index >= 15 is 0 Å². The van der Waals surface area contributed by atoms with Crippen molar-refractivity contribution < 1.29 is 9.47 Å². The molecule has 0 bridgehead atoms. The van der Waals surface area contributed by atoms with Gasteiger partial charge in [0.25, 0.3) is 0 Å². The summed E-state index contributed by atoms with van der Waals surface area (Å²) < 4.78 is 10.8. The highest BCUT2D eigenvalue weighted by atomic mass is 16.5. The van der Waals surface area contributed by atoms with Crippen LogP contribution >= 0.6 is 0 Å². The van der Waals surface area contributed by atoms with Gasteiger partial charge in [-0.05, 0) is 19.4 Å². The minimum atomic E-state index is 0.111. The van der Waals surface area contributed by atoms with Gasteiger partial charge < -0.3 is 9.47 Å². The molecule has 0 amide bonds. The number of hydrogen-bond acceptors (Lipinski definition) is 2. The van der Waals surface area contributed by atoms with E-state index in [4.69, 9.17) is 9.47 Å². The Hall–Kier alpha value is -0.860. The predicted molar refractivity (Wildman–Crippen MR) is 61.5 cm³/mol. The smallest absolute Gasteiger partial charge is 0.0720 e. The molecule has 0 unspecified atom stereocenters. The summed E-state index contributed by atoms with van der Waals surface area (Å²) in [4.78, 5) is 0. The Bertz CT molecular complexity index is 258. The zero-order valence-electron chi connectivity index (χ0n) is 9.64. The first-order valence-electron chi connectivity index (χ1n) is 5.25. The molecule has 2 nitrogen and oxygen atoms in total. The van der Waals surface area contributed by atoms with Crippen molar-refractivity contribution in [2.75, 3.05) is 7.11 Å². The van der Waals surface area contributed by atoms with Gasteiger partial charge in [-0.2, -0.15) is 0 Å². The summed E-state index contributed by atoms with van der Waals surface area (Å²) in [5.74, 6) is 0. The molecule has 0 aliphatic carbocycles. The summed E-state index contributed by atoms with van der Waals surface area (Å²) in [5, 5.41) is 0. The SMILES string of the molecule is CO[C@H](C)[CH][C@H](C)OCc1ccccc1. The molecule has 1 radical (unpaired) electrons. The van der Waals surface area contributed by atoms with E-state index in [9.17, 15) is 0 Å². The third kappa shape index (κ3) is 4.96. The molecule has 0 heterocycles. The van der Waals surface area contributed by atoms with Crippen LogP contribution in [0.15, 0.2) is 30.3 Å². The largest absolute Gasteiger partial charge is 0.381 e. The molecule has 0 saturated heterocycles. The Morgan fingerprint density at radius 3 is 2.40 bits per heavy atom. The molecule has 0 aromatic heterocycles. The van der Waals surface area contributed by atoms with Gasteiger partial charge >= 0.3 is 0 Å². The van der Waals surface area contributed by atoms with Crippen LogP contribution in [0.4, 0.5) is 0 Å². The van der Waals surface area contributed by atoms with E-state index in [0.717, 1.165) is 0 Å². The molecule has 0 aliphatic heterocycles. The lowest BCUT2D eigenvalue weighted by Gasteiger charge is -2.16. The molecule has 0 spiro atoms. The molecular formula is C13H19O2. The van der Waals surface area contributed by atoms with Crippen LogP contribution in [0.25, 0.3) is 0 Å². The second-order valence-corrected chi connectivity index (χ2v) is 3.63. The van der Waals surface area contributed by atoms with Crippen molar-refractivity contribution in [3.8, 4) is 0 Å². The average molecular weight is 207 g/mol. The average Bonchev–Trinajstić information content (AvgIpc) is 2.27. The van der Waals surface area contributed by atoms with Gasteiger partial charge in [0.05, 0.1) is 18.8 Å². The highest BCUT2D eigenvalue weighted by Gasteiger charge is 2.08. The summed E-state index contributed by atoms with van der Waals surface area (Å²) in [6, 6.07) is 10.2. The molecule has 0 N–H and O–H groups in total. The van der Waals surface area contributed by atoms with Crippen molar-refractivity contribution in [3.63, 3.8) is 0 Å². The highest BCUT2D eigenvalue weighted by Crippen LogP contribution is 2.07. The summed E-state index contributed by atoms with van der Waals surface area (Å²) in [7, 11) is 1.70. The number of ether oxygens (including phenoxy) is 2. The maximum Gasteiger partial charge on any atom is 0.0720 e. The normalized spacial score (nSPS) is 14.9. The van der Waals surface area contributed by atoms with Crippen LogP contribution in [0.2, 0.25) is 0 Å². The van der Waals surface area contributed by atoms with Crippen LogP contribution in [0.3, 0.4) is 0 Å². The van der Waals surface area contributed by atoms with Gasteiger partial charge in [-0.3, -0.25) is 0 Å². The van der Waals surface area contributed by atoms with Crippen molar-refractivity contribution in [2.24, 2.45) is 0 Å². The van der Waals surface area contributed by atoms with Crippen LogP contribution in [0.5, 0.6) is 0 Å². The number of methoxy groups -OCH3 is 1. The monoisotopic (exact) mass is 207 g/mol. The number of hydrogen-bond donors (Lipinski definition) is 0. The molecule has 2 heteroatoms. The zero-order chi connectivity index (χ0) is 11.1. The van der Waals surface area contributed by atoms with Crippen LogP contribution in [-0.2, 0) is 16.1 Å². The van der Waals surface area contributed by atoms with Crippen molar-refractivity contribution in [3.05, 3.63) is 42.3 Å². The predicted octanol–water partition coefficient (Wildman–Crippen LogP) is 2.83. The molecule has 1 aromatic carbocycles. The Morgan fingerprint density at radius 1 is 1.13 bits per heavy atom. The van der Waals surface area contributed by atoms with Crippen LogP contribution < -0.4 is 0 Å².